The standard InChI is InChI=1S/C29H23N3O5S/c1-18-13-14-23(36-2)22(16-18)32-28(34)25(30-19-8-4-3-5-9-19)26(29(32)35)38-21-11-6-10-20(17-21)31-27(33)24-12-7-15-37-24/h3-17,30H,1-2H3,(H,31,33). The van der Waals surface area contributed by atoms with E-state index in [1.165, 1.54) is 13.4 Å². The quantitative estimate of drug-likeness (QED) is 0.279. The molecule has 3 aromatic carbocycles. The molecule has 1 aliphatic rings. The zero-order valence-electron chi connectivity index (χ0n) is 20.6. The summed E-state index contributed by atoms with van der Waals surface area (Å²) in [5.74, 6) is -0.780. The third-order valence-corrected chi connectivity index (χ3v) is 6.79. The van der Waals surface area contributed by atoms with Crippen LogP contribution in [0.1, 0.15) is 16.1 Å². The lowest BCUT2D eigenvalue weighted by atomic mass is 10.2. The number of ether oxygens (including phenoxy) is 1. The van der Waals surface area contributed by atoms with E-state index < -0.39 is 17.7 Å². The van der Waals surface area contributed by atoms with E-state index in [0.717, 1.165) is 22.2 Å². The van der Waals surface area contributed by atoms with Gasteiger partial charge in [0.1, 0.15) is 16.4 Å². The molecule has 3 amide bonds. The van der Waals surface area contributed by atoms with Crippen LogP contribution in [0, 0.1) is 6.92 Å². The van der Waals surface area contributed by atoms with Crippen molar-refractivity contribution >= 4 is 46.5 Å². The Bertz CT molecular complexity index is 1550. The molecule has 5 rings (SSSR count). The molecular formula is C29H23N3O5S. The fraction of sp³-hybridized carbons (Fsp3) is 0.0690. The van der Waals surface area contributed by atoms with Crippen LogP contribution < -0.4 is 20.3 Å². The predicted molar refractivity (Wildman–Crippen MR) is 146 cm³/mol. The van der Waals surface area contributed by atoms with Crippen molar-refractivity contribution in [3.8, 4) is 5.75 Å². The largest absolute Gasteiger partial charge is 0.495 e. The number of nitrogens with one attached hydrogen (secondary N) is 2. The average Bonchev–Trinajstić information content (AvgIpc) is 3.53. The van der Waals surface area contributed by atoms with Gasteiger partial charge in [-0.05, 0) is 67.1 Å². The Morgan fingerprint density at radius 1 is 0.895 bits per heavy atom. The number of hydrogen-bond acceptors (Lipinski definition) is 7. The van der Waals surface area contributed by atoms with Crippen molar-refractivity contribution in [2.75, 3.05) is 22.6 Å². The minimum Gasteiger partial charge on any atom is -0.495 e. The van der Waals surface area contributed by atoms with Gasteiger partial charge in [0.2, 0.25) is 0 Å². The molecule has 0 aliphatic carbocycles. The molecule has 0 spiro atoms. The normalized spacial score (nSPS) is 13.2. The topological polar surface area (TPSA) is 101 Å². The number of furan rings is 1. The summed E-state index contributed by atoms with van der Waals surface area (Å²) in [6.45, 7) is 1.88. The Labute approximate surface area is 223 Å². The Morgan fingerprint density at radius 3 is 2.42 bits per heavy atom. The van der Waals surface area contributed by atoms with Gasteiger partial charge in [0.05, 0.1) is 19.1 Å². The number of hydrogen-bond donors (Lipinski definition) is 2. The second-order valence-electron chi connectivity index (χ2n) is 8.38. The molecule has 1 aliphatic heterocycles. The highest BCUT2D eigenvalue weighted by Crippen LogP contribution is 2.41. The summed E-state index contributed by atoms with van der Waals surface area (Å²) in [6, 6.07) is 24.7. The van der Waals surface area contributed by atoms with Crippen LogP contribution >= 0.6 is 11.8 Å². The van der Waals surface area contributed by atoms with E-state index in [-0.39, 0.29) is 16.4 Å². The Balaban J connectivity index is 1.49. The Kier molecular flexibility index (Phi) is 7.01. The van der Waals surface area contributed by atoms with Crippen molar-refractivity contribution in [3.05, 3.63) is 113 Å². The maximum absolute atomic E-state index is 13.8. The maximum Gasteiger partial charge on any atom is 0.291 e. The predicted octanol–water partition coefficient (Wildman–Crippen LogP) is 5.84. The second-order valence-corrected chi connectivity index (χ2v) is 9.46. The monoisotopic (exact) mass is 525 g/mol. The number of amides is 3. The SMILES string of the molecule is COc1ccc(C)cc1N1C(=O)C(Nc2ccccc2)=C(Sc2cccc(NC(=O)c3ccco3)c2)C1=O. The van der Waals surface area contributed by atoms with E-state index in [2.05, 4.69) is 10.6 Å². The van der Waals surface area contributed by atoms with Gasteiger partial charge in [-0.1, -0.05) is 42.1 Å². The molecule has 9 heteroatoms. The van der Waals surface area contributed by atoms with Crippen LogP contribution in [0.2, 0.25) is 0 Å². The summed E-state index contributed by atoms with van der Waals surface area (Å²) in [5.41, 5.74) is 2.58. The van der Waals surface area contributed by atoms with Gasteiger partial charge in [-0.2, -0.15) is 0 Å². The number of carbonyl (C=O) groups excluding carboxylic acids is 3. The van der Waals surface area contributed by atoms with E-state index in [4.69, 9.17) is 9.15 Å². The minimum atomic E-state index is -0.493. The number of nitrogens with zero attached hydrogens (tertiary/aromatic N) is 1. The summed E-state index contributed by atoms with van der Waals surface area (Å²) in [7, 11) is 1.49. The zero-order valence-corrected chi connectivity index (χ0v) is 21.4. The van der Waals surface area contributed by atoms with Crippen molar-refractivity contribution in [3.63, 3.8) is 0 Å². The molecule has 8 nitrogen and oxygen atoms in total. The Morgan fingerprint density at radius 2 is 1.68 bits per heavy atom. The smallest absolute Gasteiger partial charge is 0.291 e. The van der Waals surface area contributed by atoms with Gasteiger partial charge in [0, 0.05) is 16.3 Å². The fourth-order valence-corrected chi connectivity index (χ4v) is 4.92. The minimum absolute atomic E-state index is 0.153. The van der Waals surface area contributed by atoms with Crippen LogP contribution in [0.15, 0.2) is 111 Å². The molecule has 0 atom stereocenters. The summed E-state index contributed by atoms with van der Waals surface area (Å²) in [4.78, 5) is 41.9. The molecule has 2 heterocycles. The lowest BCUT2D eigenvalue weighted by molar-refractivity contribution is -0.120. The van der Waals surface area contributed by atoms with Gasteiger partial charge in [0.25, 0.3) is 17.7 Å². The highest BCUT2D eigenvalue weighted by molar-refractivity contribution is 8.04. The van der Waals surface area contributed by atoms with Gasteiger partial charge in [-0.25, -0.2) is 4.90 Å². The van der Waals surface area contributed by atoms with Crippen molar-refractivity contribution in [2.24, 2.45) is 0 Å². The van der Waals surface area contributed by atoms with Crippen molar-refractivity contribution < 1.29 is 23.5 Å². The molecule has 0 saturated carbocycles. The maximum atomic E-state index is 13.8. The molecule has 38 heavy (non-hydrogen) atoms. The molecule has 0 bridgehead atoms. The molecular weight excluding hydrogens is 502 g/mol. The number of methoxy groups -OCH3 is 1. The highest BCUT2D eigenvalue weighted by Gasteiger charge is 2.41. The first-order valence-electron chi connectivity index (χ1n) is 11.7. The van der Waals surface area contributed by atoms with Crippen LogP contribution in [0.25, 0.3) is 0 Å². The van der Waals surface area contributed by atoms with E-state index in [9.17, 15) is 14.4 Å². The second kappa shape index (κ2) is 10.7. The number of para-hydroxylation sites is 1. The fourth-order valence-electron chi connectivity index (χ4n) is 3.93. The number of thioether (sulfide) groups is 1. The van der Waals surface area contributed by atoms with Crippen LogP contribution in [0.3, 0.4) is 0 Å². The zero-order chi connectivity index (χ0) is 26.6. The van der Waals surface area contributed by atoms with Crippen molar-refractivity contribution in [1.29, 1.82) is 0 Å². The van der Waals surface area contributed by atoms with E-state index in [0.29, 0.717) is 27.7 Å². The van der Waals surface area contributed by atoms with Crippen LogP contribution in [-0.4, -0.2) is 24.8 Å². The number of anilines is 3. The third-order valence-electron chi connectivity index (χ3n) is 5.72. The number of rotatable bonds is 8. The molecule has 4 aromatic rings. The van der Waals surface area contributed by atoms with Gasteiger partial charge >= 0.3 is 0 Å². The van der Waals surface area contributed by atoms with E-state index in [1.54, 1.807) is 48.5 Å². The Hall–Kier alpha value is -4.76. The molecule has 0 saturated heterocycles. The van der Waals surface area contributed by atoms with Crippen LogP contribution in [0.4, 0.5) is 17.1 Å². The first kappa shape index (κ1) is 24.9. The van der Waals surface area contributed by atoms with Gasteiger partial charge in [0.15, 0.2) is 5.76 Å². The molecule has 2 N–H and O–H groups in total. The van der Waals surface area contributed by atoms with Gasteiger partial charge < -0.3 is 19.8 Å². The van der Waals surface area contributed by atoms with Gasteiger partial charge in [-0.15, -0.1) is 0 Å². The molecule has 0 fully saturated rings. The molecule has 190 valence electrons. The molecule has 0 unspecified atom stereocenters. The summed E-state index contributed by atoms with van der Waals surface area (Å²) in [6.07, 6.45) is 1.42. The molecule has 0 radical (unpaired) electrons. The summed E-state index contributed by atoms with van der Waals surface area (Å²) >= 11 is 1.13. The number of benzene rings is 3. The van der Waals surface area contributed by atoms with E-state index >= 15 is 0 Å². The lowest BCUT2D eigenvalue weighted by Gasteiger charge is -2.19. The highest BCUT2D eigenvalue weighted by atomic mass is 32.2. The van der Waals surface area contributed by atoms with Crippen LogP contribution in [0.5, 0.6) is 5.75 Å². The summed E-state index contributed by atoms with van der Waals surface area (Å²) < 4.78 is 10.6. The summed E-state index contributed by atoms with van der Waals surface area (Å²) in [5, 5.41) is 5.91. The first-order valence-corrected chi connectivity index (χ1v) is 12.5. The third kappa shape index (κ3) is 5.05. The van der Waals surface area contributed by atoms with Crippen molar-refractivity contribution in [1.82, 2.24) is 0 Å². The van der Waals surface area contributed by atoms with Crippen molar-refractivity contribution in [2.45, 2.75) is 11.8 Å². The lowest BCUT2D eigenvalue weighted by Crippen LogP contribution is -2.32. The van der Waals surface area contributed by atoms with Gasteiger partial charge in [-0.3, -0.25) is 14.4 Å². The number of aryl methyl sites for hydroxylation is 1. The first-order chi connectivity index (χ1) is 18.4. The number of carbonyl (C=O) groups is 3. The molecule has 1 aromatic heterocycles. The number of imide groups is 1. The van der Waals surface area contributed by atoms with E-state index in [1.807, 2.05) is 43.3 Å². The van der Waals surface area contributed by atoms with Crippen LogP contribution in [-0.2, 0) is 9.59 Å². The average molecular weight is 526 g/mol.